The fourth-order valence-electron chi connectivity index (χ4n) is 1.95. The quantitative estimate of drug-likeness (QED) is 0.744. The van der Waals surface area contributed by atoms with Crippen molar-refractivity contribution in [1.29, 1.82) is 0 Å². The van der Waals surface area contributed by atoms with Crippen molar-refractivity contribution >= 4 is 5.65 Å². The molecule has 102 valence electrons. The van der Waals surface area contributed by atoms with Gasteiger partial charge in [0.1, 0.15) is 5.65 Å². The molecule has 2 heterocycles. The van der Waals surface area contributed by atoms with Crippen LogP contribution in [0.3, 0.4) is 0 Å². The fourth-order valence-corrected chi connectivity index (χ4v) is 1.95. The van der Waals surface area contributed by atoms with E-state index in [1.807, 2.05) is 0 Å². The highest BCUT2D eigenvalue weighted by molar-refractivity contribution is 5.62. The molecular formula is C13H8F3N3O. The second-order valence-corrected chi connectivity index (χ2v) is 4.23. The molecule has 3 aromatic rings. The summed E-state index contributed by atoms with van der Waals surface area (Å²) in [6, 6.07) is 7.58. The van der Waals surface area contributed by atoms with Gasteiger partial charge in [0.05, 0.1) is 17.5 Å². The van der Waals surface area contributed by atoms with Gasteiger partial charge in [0.15, 0.2) is 0 Å². The number of nitrogens with zero attached hydrogens (tertiary/aromatic N) is 2. The zero-order chi connectivity index (χ0) is 14.3. The second kappa shape index (κ2) is 4.22. The molecule has 20 heavy (non-hydrogen) atoms. The Balaban J connectivity index is 2.18. The van der Waals surface area contributed by atoms with Gasteiger partial charge in [-0.1, -0.05) is 12.1 Å². The lowest BCUT2D eigenvalue weighted by Gasteiger charge is -2.09. The van der Waals surface area contributed by atoms with Crippen LogP contribution in [-0.2, 0) is 6.18 Å². The SMILES string of the molecule is O=c1cc(-c2cccc(C(F)(F)F)c2)[nH]c2ccnn12. The predicted molar refractivity (Wildman–Crippen MR) is 66.3 cm³/mol. The molecule has 2 aromatic heterocycles. The van der Waals surface area contributed by atoms with E-state index in [4.69, 9.17) is 0 Å². The van der Waals surface area contributed by atoms with E-state index in [9.17, 15) is 18.0 Å². The molecule has 0 fully saturated rings. The molecule has 0 unspecified atom stereocenters. The van der Waals surface area contributed by atoms with Crippen LogP contribution in [0.5, 0.6) is 0 Å². The standard InChI is InChI=1S/C13H8F3N3O/c14-13(15,16)9-3-1-2-8(6-9)10-7-12(20)19-11(18-10)4-5-17-19/h1-7,18H. The van der Waals surface area contributed by atoms with Gasteiger partial charge >= 0.3 is 6.18 Å². The molecule has 0 radical (unpaired) electrons. The van der Waals surface area contributed by atoms with Crippen molar-refractivity contribution in [2.75, 3.05) is 0 Å². The smallest absolute Gasteiger partial charge is 0.339 e. The first-order valence-electron chi connectivity index (χ1n) is 5.70. The number of halogens is 3. The Morgan fingerprint density at radius 2 is 1.95 bits per heavy atom. The van der Waals surface area contributed by atoms with Crippen LogP contribution in [0.15, 0.2) is 47.4 Å². The fraction of sp³-hybridized carbons (Fsp3) is 0.0769. The van der Waals surface area contributed by atoms with E-state index in [0.717, 1.165) is 16.6 Å². The Labute approximate surface area is 110 Å². The first-order valence-corrected chi connectivity index (χ1v) is 5.70. The summed E-state index contributed by atoms with van der Waals surface area (Å²) in [5.74, 6) is 0. The van der Waals surface area contributed by atoms with Crippen LogP contribution in [0, 0.1) is 0 Å². The van der Waals surface area contributed by atoms with Gasteiger partial charge < -0.3 is 4.98 Å². The number of hydrogen-bond acceptors (Lipinski definition) is 2. The van der Waals surface area contributed by atoms with Crippen molar-refractivity contribution < 1.29 is 13.2 Å². The summed E-state index contributed by atoms with van der Waals surface area (Å²) in [4.78, 5) is 14.6. The number of H-pyrrole nitrogens is 1. The Kier molecular flexibility index (Phi) is 2.63. The van der Waals surface area contributed by atoms with Crippen molar-refractivity contribution in [3.05, 3.63) is 58.5 Å². The lowest BCUT2D eigenvalue weighted by Crippen LogP contribution is -2.14. The number of nitrogens with one attached hydrogen (secondary N) is 1. The van der Waals surface area contributed by atoms with Gasteiger partial charge in [-0.3, -0.25) is 4.79 Å². The van der Waals surface area contributed by atoms with Gasteiger partial charge in [-0.05, 0) is 17.7 Å². The largest absolute Gasteiger partial charge is 0.416 e. The van der Waals surface area contributed by atoms with Crippen molar-refractivity contribution in [3.8, 4) is 11.3 Å². The van der Waals surface area contributed by atoms with Crippen molar-refractivity contribution in [2.45, 2.75) is 6.18 Å². The van der Waals surface area contributed by atoms with E-state index < -0.39 is 17.3 Å². The maximum absolute atomic E-state index is 12.7. The van der Waals surface area contributed by atoms with Crippen molar-refractivity contribution in [1.82, 2.24) is 14.6 Å². The zero-order valence-corrected chi connectivity index (χ0v) is 9.98. The highest BCUT2D eigenvalue weighted by atomic mass is 19.4. The summed E-state index contributed by atoms with van der Waals surface area (Å²) < 4.78 is 39.2. The summed E-state index contributed by atoms with van der Waals surface area (Å²) in [7, 11) is 0. The molecular weight excluding hydrogens is 271 g/mol. The average molecular weight is 279 g/mol. The van der Waals surface area contributed by atoms with E-state index in [2.05, 4.69) is 10.1 Å². The summed E-state index contributed by atoms with van der Waals surface area (Å²) in [5.41, 5.74) is -0.139. The summed E-state index contributed by atoms with van der Waals surface area (Å²) in [6.45, 7) is 0. The molecule has 0 aliphatic heterocycles. The third-order valence-corrected chi connectivity index (χ3v) is 2.88. The van der Waals surface area contributed by atoms with E-state index in [-0.39, 0.29) is 0 Å². The molecule has 0 aliphatic rings. The normalized spacial score (nSPS) is 11.9. The molecule has 0 bridgehead atoms. The molecule has 0 atom stereocenters. The van der Waals surface area contributed by atoms with E-state index >= 15 is 0 Å². The van der Waals surface area contributed by atoms with Crippen molar-refractivity contribution in [2.24, 2.45) is 0 Å². The molecule has 0 saturated carbocycles. The molecule has 1 N–H and O–H groups in total. The Morgan fingerprint density at radius 3 is 2.70 bits per heavy atom. The molecule has 1 aromatic carbocycles. The number of aromatic nitrogens is 3. The zero-order valence-electron chi connectivity index (χ0n) is 9.98. The number of benzene rings is 1. The van der Waals surface area contributed by atoms with Gasteiger partial charge in [0, 0.05) is 12.1 Å². The highest BCUT2D eigenvalue weighted by Crippen LogP contribution is 2.31. The molecule has 0 saturated heterocycles. The van der Waals surface area contributed by atoms with Crippen LogP contribution < -0.4 is 5.56 Å². The average Bonchev–Trinajstić information content (AvgIpc) is 2.87. The summed E-state index contributed by atoms with van der Waals surface area (Å²) in [6.07, 6.45) is -2.99. The first-order chi connectivity index (χ1) is 9.45. The molecule has 3 rings (SSSR count). The van der Waals surface area contributed by atoms with Crippen LogP contribution in [0.25, 0.3) is 16.9 Å². The van der Waals surface area contributed by atoms with Crippen LogP contribution in [-0.4, -0.2) is 14.6 Å². The summed E-state index contributed by atoms with van der Waals surface area (Å²) >= 11 is 0. The molecule has 4 nitrogen and oxygen atoms in total. The third-order valence-electron chi connectivity index (χ3n) is 2.88. The van der Waals surface area contributed by atoms with Crippen LogP contribution in [0.2, 0.25) is 0 Å². The second-order valence-electron chi connectivity index (χ2n) is 4.23. The highest BCUT2D eigenvalue weighted by Gasteiger charge is 2.30. The van der Waals surface area contributed by atoms with E-state index in [1.54, 1.807) is 6.07 Å². The van der Waals surface area contributed by atoms with Gasteiger partial charge in [-0.15, -0.1) is 0 Å². The Hall–Kier alpha value is -2.57. The Bertz CT molecular complexity index is 832. The van der Waals surface area contributed by atoms with Gasteiger partial charge in [-0.2, -0.15) is 22.8 Å². The maximum atomic E-state index is 12.7. The third kappa shape index (κ3) is 2.07. The molecule has 0 spiro atoms. The van der Waals surface area contributed by atoms with Crippen LogP contribution in [0.4, 0.5) is 13.2 Å². The van der Waals surface area contributed by atoms with Gasteiger partial charge in [0.2, 0.25) is 0 Å². The number of aromatic amines is 1. The lowest BCUT2D eigenvalue weighted by molar-refractivity contribution is -0.137. The molecule has 7 heteroatoms. The number of fused-ring (bicyclic) bond motifs is 1. The van der Waals surface area contributed by atoms with Gasteiger partial charge in [-0.25, -0.2) is 0 Å². The number of hydrogen-bond donors (Lipinski definition) is 1. The van der Waals surface area contributed by atoms with Gasteiger partial charge in [0.25, 0.3) is 5.56 Å². The maximum Gasteiger partial charge on any atom is 0.416 e. The van der Waals surface area contributed by atoms with Crippen LogP contribution in [0.1, 0.15) is 5.56 Å². The minimum Gasteiger partial charge on any atom is -0.339 e. The molecule has 0 aliphatic carbocycles. The van der Waals surface area contributed by atoms with E-state index in [1.165, 1.54) is 24.4 Å². The topological polar surface area (TPSA) is 50.2 Å². The first kappa shape index (κ1) is 12.5. The minimum atomic E-state index is -4.42. The minimum absolute atomic E-state index is 0.292. The molecule has 0 amide bonds. The van der Waals surface area contributed by atoms with Crippen molar-refractivity contribution in [3.63, 3.8) is 0 Å². The predicted octanol–water partition coefficient (Wildman–Crippen LogP) is 2.71. The monoisotopic (exact) mass is 279 g/mol. The lowest BCUT2D eigenvalue weighted by atomic mass is 10.1. The summed E-state index contributed by atoms with van der Waals surface area (Å²) in [5, 5.41) is 3.80. The van der Waals surface area contributed by atoms with Crippen LogP contribution >= 0.6 is 0 Å². The van der Waals surface area contributed by atoms with E-state index in [0.29, 0.717) is 16.9 Å². The number of alkyl halides is 3. The number of rotatable bonds is 1. The Morgan fingerprint density at radius 1 is 1.15 bits per heavy atom.